The van der Waals surface area contributed by atoms with Gasteiger partial charge in [0.15, 0.2) is 8.32 Å². The van der Waals surface area contributed by atoms with Crippen LogP contribution in [-0.2, 0) is 9.16 Å². The zero-order chi connectivity index (χ0) is 22.0. The number of halogens is 1. The van der Waals surface area contributed by atoms with Crippen LogP contribution < -0.4 is 4.90 Å². The largest absolute Gasteiger partial charge is 0.444 e. The lowest BCUT2D eigenvalue weighted by atomic mass is 10.1. The molecule has 6 nitrogen and oxygen atoms in total. The molecule has 1 saturated heterocycles. The normalized spacial score (nSPS) is 18.7. The van der Waals surface area contributed by atoms with Crippen molar-refractivity contribution in [3.8, 4) is 0 Å². The van der Waals surface area contributed by atoms with Gasteiger partial charge in [0.25, 0.3) is 0 Å². The molecular weight excluding hydrogens is 406 g/mol. The van der Waals surface area contributed by atoms with Gasteiger partial charge >= 0.3 is 6.09 Å². The standard InChI is InChI=1S/C21H36ClN3O3Si/c1-20(2,3)28-19(26)25-12-11-24(16-9-10-18(22)23-13-16)14-17(25)15-27-29(7,8)21(4,5)6/h9-10,13,17H,11-12,14-15H2,1-8H3/t17-/m1/s1. The molecule has 2 rings (SSSR count). The van der Waals surface area contributed by atoms with Crippen molar-refractivity contribution in [2.45, 2.75) is 71.3 Å². The zero-order valence-corrected chi connectivity index (χ0v) is 20.8. The lowest BCUT2D eigenvalue weighted by molar-refractivity contribution is 0.00783. The van der Waals surface area contributed by atoms with E-state index < -0.39 is 13.9 Å². The summed E-state index contributed by atoms with van der Waals surface area (Å²) in [5, 5.41) is 0.581. The molecule has 0 saturated carbocycles. The van der Waals surface area contributed by atoms with Gasteiger partial charge in [-0.1, -0.05) is 32.4 Å². The van der Waals surface area contributed by atoms with Gasteiger partial charge in [-0.25, -0.2) is 9.78 Å². The maximum Gasteiger partial charge on any atom is 0.410 e. The molecule has 1 atom stereocenters. The Hall–Kier alpha value is -1.31. The average molecular weight is 442 g/mol. The highest BCUT2D eigenvalue weighted by molar-refractivity contribution is 6.74. The molecule has 8 heteroatoms. The second kappa shape index (κ2) is 8.82. The second-order valence-electron chi connectivity index (χ2n) is 10.2. The molecule has 0 N–H and O–H groups in total. The number of carbonyl (C=O) groups is 1. The first-order valence-electron chi connectivity index (χ1n) is 10.2. The van der Waals surface area contributed by atoms with E-state index in [1.807, 2.05) is 31.7 Å². The van der Waals surface area contributed by atoms with Crippen LogP contribution in [0.1, 0.15) is 41.5 Å². The van der Waals surface area contributed by atoms with Crippen molar-refractivity contribution < 1.29 is 14.0 Å². The van der Waals surface area contributed by atoms with Crippen molar-refractivity contribution in [2.24, 2.45) is 0 Å². The van der Waals surface area contributed by atoms with Crippen molar-refractivity contribution in [2.75, 3.05) is 31.1 Å². The minimum Gasteiger partial charge on any atom is -0.444 e. The summed E-state index contributed by atoms with van der Waals surface area (Å²) in [6, 6.07) is 3.66. The fourth-order valence-corrected chi connectivity index (χ4v) is 4.02. The summed E-state index contributed by atoms with van der Waals surface area (Å²) in [5.74, 6) is 0. The number of hydrogen-bond acceptors (Lipinski definition) is 5. The van der Waals surface area contributed by atoms with E-state index in [-0.39, 0.29) is 17.2 Å². The van der Waals surface area contributed by atoms with Crippen LogP contribution in [0.2, 0.25) is 23.3 Å². The Labute approximate surface area is 181 Å². The minimum absolute atomic E-state index is 0.0941. The quantitative estimate of drug-likeness (QED) is 0.475. The van der Waals surface area contributed by atoms with Gasteiger partial charge in [-0.2, -0.15) is 0 Å². The fourth-order valence-electron chi connectivity index (χ4n) is 2.87. The number of piperazine rings is 1. The summed E-state index contributed by atoms with van der Waals surface area (Å²) in [4.78, 5) is 21.1. The topological polar surface area (TPSA) is 54.9 Å². The molecule has 2 heterocycles. The number of carbonyl (C=O) groups excluding carboxylic acids is 1. The van der Waals surface area contributed by atoms with Crippen molar-refractivity contribution in [3.63, 3.8) is 0 Å². The Balaban J connectivity index is 2.18. The fraction of sp³-hybridized carbons (Fsp3) is 0.714. The first-order chi connectivity index (χ1) is 13.2. The lowest BCUT2D eigenvalue weighted by Gasteiger charge is -2.44. The summed E-state index contributed by atoms with van der Waals surface area (Å²) in [6.07, 6.45) is 1.49. The highest BCUT2D eigenvalue weighted by Crippen LogP contribution is 2.37. The van der Waals surface area contributed by atoms with Crippen molar-refractivity contribution >= 4 is 31.7 Å². The number of rotatable bonds is 4. The maximum atomic E-state index is 12.8. The van der Waals surface area contributed by atoms with Crippen LogP contribution >= 0.6 is 11.6 Å². The molecule has 0 spiro atoms. The van der Waals surface area contributed by atoms with Crippen LogP contribution in [0, 0.1) is 0 Å². The summed E-state index contributed by atoms with van der Waals surface area (Å²) >= 11 is 5.93. The van der Waals surface area contributed by atoms with Gasteiger partial charge in [0, 0.05) is 19.6 Å². The Morgan fingerprint density at radius 1 is 1.21 bits per heavy atom. The number of nitrogens with zero attached hydrogens (tertiary/aromatic N) is 3. The van der Waals surface area contributed by atoms with E-state index in [1.165, 1.54) is 0 Å². The van der Waals surface area contributed by atoms with Crippen LogP contribution in [0.25, 0.3) is 0 Å². The molecule has 164 valence electrons. The predicted octanol–water partition coefficient (Wildman–Crippen LogP) is 5.18. The van der Waals surface area contributed by atoms with Gasteiger partial charge in [-0.3, -0.25) is 4.90 Å². The van der Waals surface area contributed by atoms with Gasteiger partial charge < -0.3 is 14.1 Å². The summed E-state index contributed by atoms with van der Waals surface area (Å²) in [7, 11) is -1.94. The Morgan fingerprint density at radius 3 is 2.38 bits per heavy atom. The molecule has 1 aliphatic rings. The van der Waals surface area contributed by atoms with Crippen molar-refractivity contribution in [1.29, 1.82) is 0 Å². The molecule has 1 aromatic rings. The number of ether oxygens (including phenoxy) is 1. The maximum absolute atomic E-state index is 12.8. The molecular formula is C21H36ClN3O3Si. The van der Waals surface area contributed by atoms with Crippen LogP contribution in [0.5, 0.6) is 0 Å². The van der Waals surface area contributed by atoms with E-state index in [0.717, 1.165) is 5.69 Å². The molecule has 1 amide bonds. The van der Waals surface area contributed by atoms with Gasteiger partial charge in [-0.05, 0) is 51.0 Å². The monoisotopic (exact) mass is 441 g/mol. The SMILES string of the molecule is CC(C)(C)OC(=O)N1CCN(c2ccc(Cl)nc2)C[C@@H]1CO[Si](C)(C)C(C)(C)C. The highest BCUT2D eigenvalue weighted by Gasteiger charge is 2.40. The van der Waals surface area contributed by atoms with Gasteiger partial charge in [0.05, 0.1) is 24.5 Å². The Kier molecular flexibility index (Phi) is 7.29. The van der Waals surface area contributed by atoms with E-state index in [4.69, 9.17) is 20.8 Å². The number of hydrogen-bond donors (Lipinski definition) is 0. The van der Waals surface area contributed by atoms with Crippen molar-refractivity contribution in [1.82, 2.24) is 9.88 Å². The third-order valence-electron chi connectivity index (χ3n) is 5.63. The predicted molar refractivity (Wildman–Crippen MR) is 121 cm³/mol. The smallest absolute Gasteiger partial charge is 0.410 e. The van der Waals surface area contributed by atoms with Gasteiger partial charge in [0.1, 0.15) is 10.8 Å². The lowest BCUT2D eigenvalue weighted by Crippen LogP contribution is -2.59. The molecule has 0 bridgehead atoms. The molecule has 1 aliphatic heterocycles. The van der Waals surface area contributed by atoms with Crippen LogP contribution in [0.3, 0.4) is 0 Å². The van der Waals surface area contributed by atoms with E-state index in [0.29, 0.717) is 31.4 Å². The summed E-state index contributed by atoms with van der Waals surface area (Å²) < 4.78 is 12.1. The number of amides is 1. The average Bonchev–Trinajstić information content (AvgIpc) is 2.58. The number of aromatic nitrogens is 1. The molecule has 0 unspecified atom stereocenters. The zero-order valence-electron chi connectivity index (χ0n) is 19.1. The Morgan fingerprint density at radius 2 is 1.86 bits per heavy atom. The minimum atomic E-state index is -1.94. The van der Waals surface area contributed by atoms with E-state index in [1.54, 1.807) is 12.3 Å². The van der Waals surface area contributed by atoms with E-state index in [2.05, 4.69) is 43.7 Å². The summed E-state index contributed by atoms with van der Waals surface area (Å²) in [6.45, 7) is 19.2. The number of pyridine rings is 1. The van der Waals surface area contributed by atoms with Crippen LogP contribution in [0.4, 0.5) is 10.5 Å². The molecule has 0 aliphatic carbocycles. The molecule has 0 radical (unpaired) electrons. The third-order valence-corrected chi connectivity index (χ3v) is 10.4. The van der Waals surface area contributed by atoms with Gasteiger partial charge in [0.2, 0.25) is 0 Å². The van der Waals surface area contributed by atoms with Gasteiger partial charge in [-0.15, -0.1) is 0 Å². The molecule has 1 fully saturated rings. The van der Waals surface area contributed by atoms with Crippen LogP contribution in [0.15, 0.2) is 18.3 Å². The molecule has 1 aromatic heterocycles. The summed E-state index contributed by atoms with van der Waals surface area (Å²) in [5.41, 5.74) is 0.467. The highest BCUT2D eigenvalue weighted by atomic mass is 35.5. The second-order valence-corrected chi connectivity index (χ2v) is 15.4. The first kappa shape index (κ1) is 24.0. The van der Waals surface area contributed by atoms with E-state index >= 15 is 0 Å². The van der Waals surface area contributed by atoms with E-state index in [9.17, 15) is 4.79 Å². The Bertz CT molecular complexity index is 699. The number of anilines is 1. The molecule has 29 heavy (non-hydrogen) atoms. The third kappa shape index (κ3) is 6.59. The first-order valence-corrected chi connectivity index (χ1v) is 13.5. The van der Waals surface area contributed by atoms with Crippen LogP contribution in [-0.4, -0.2) is 62.2 Å². The van der Waals surface area contributed by atoms with Crippen molar-refractivity contribution in [3.05, 3.63) is 23.5 Å². The molecule has 0 aromatic carbocycles.